The summed E-state index contributed by atoms with van der Waals surface area (Å²) in [7, 11) is 0. The van der Waals surface area contributed by atoms with Crippen LogP contribution in [0.4, 0.5) is 13.2 Å². The van der Waals surface area contributed by atoms with E-state index in [4.69, 9.17) is 14.3 Å². The summed E-state index contributed by atoms with van der Waals surface area (Å²) < 4.78 is 48.6. The monoisotopic (exact) mass is 464 g/mol. The predicted molar refractivity (Wildman–Crippen MR) is 117 cm³/mol. The molecule has 0 bridgehead atoms. The van der Waals surface area contributed by atoms with Gasteiger partial charge in [0, 0.05) is 19.8 Å². The lowest BCUT2D eigenvalue weighted by Gasteiger charge is -2.22. The lowest BCUT2D eigenvalue weighted by atomic mass is 10.0. The van der Waals surface area contributed by atoms with Gasteiger partial charge in [-0.05, 0) is 73.2 Å². The molecule has 1 aliphatic heterocycles. The third-order valence-corrected chi connectivity index (χ3v) is 5.28. The Morgan fingerprint density at radius 3 is 2.39 bits per heavy atom. The highest BCUT2D eigenvalue weighted by Crippen LogP contribution is 2.29. The number of hydrogen-bond acceptors (Lipinski definition) is 5. The van der Waals surface area contributed by atoms with E-state index in [1.54, 1.807) is 31.2 Å². The van der Waals surface area contributed by atoms with Crippen LogP contribution in [0.5, 0.6) is 5.75 Å². The van der Waals surface area contributed by atoms with E-state index in [0.29, 0.717) is 29.5 Å². The summed E-state index contributed by atoms with van der Waals surface area (Å²) in [5.41, 5.74) is 1.27. The lowest BCUT2D eigenvalue weighted by Crippen LogP contribution is -2.35. The van der Waals surface area contributed by atoms with Crippen molar-refractivity contribution in [1.82, 2.24) is 5.32 Å². The van der Waals surface area contributed by atoms with Crippen molar-refractivity contribution in [2.45, 2.75) is 32.5 Å². The molecule has 1 fully saturated rings. The van der Waals surface area contributed by atoms with Crippen molar-refractivity contribution in [3.63, 3.8) is 0 Å². The third-order valence-electron chi connectivity index (χ3n) is 5.28. The zero-order valence-electron chi connectivity index (χ0n) is 18.4. The molecule has 0 aliphatic carbocycles. The molecule has 9 heteroatoms. The van der Waals surface area contributed by atoms with Crippen molar-refractivity contribution in [2.24, 2.45) is 11.1 Å². The largest absolute Gasteiger partial charge is 0.484 e. The van der Waals surface area contributed by atoms with Gasteiger partial charge < -0.3 is 19.6 Å². The van der Waals surface area contributed by atoms with Gasteiger partial charge in [0.2, 0.25) is 0 Å². The van der Waals surface area contributed by atoms with Gasteiger partial charge in [0.05, 0.1) is 11.3 Å². The standard InChI is InChI=1S/C24H27F3N2O4/c1-17(29-33-15-19-2-6-21(7-3-19)24(25,26)27)20-4-8-22(9-5-20)32-16-23(30)28-14-18-10-12-31-13-11-18/h2-9,18H,10-16H2,1H3,(H,28,30). The van der Waals surface area contributed by atoms with Gasteiger partial charge in [0.1, 0.15) is 12.4 Å². The van der Waals surface area contributed by atoms with Crippen LogP contribution >= 0.6 is 0 Å². The number of oxime groups is 1. The molecule has 1 heterocycles. The number of nitrogens with one attached hydrogen (secondary N) is 1. The van der Waals surface area contributed by atoms with Gasteiger partial charge in [-0.3, -0.25) is 4.79 Å². The van der Waals surface area contributed by atoms with Crippen LogP contribution in [-0.2, 0) is 27.2 Å². The Balaban J connectivity index is 1.41. The van der Waals surface area contributed by atoms with Crippen LogP contribution in [0.1, 0.15) is 36.5 Å². The Bertz CT molecular complexity index is 922. The van der Waals surface area contributed by atoms with Crippen LogP contribution in [0.25, 0.3) is 0 Å². The molecule has 33 heavy (non-hydrogen) atoms. The van der Waals surface area contributed by atoms with E-state index >= 15 is 0 Å². The number of halogens is 3. The molecule has 0 aromatic heterocycles. The molecule has 0 spiro atoms. The first-order valence-corrected chi connectivity index (χ1v) is 10.7. The van der Waals surface area contributed by atoms with Crippen molar-refractivity contribution in [2.75, 3.05) is 26.4 Å². The van der Waals surface area contributed by atoms with Crippen LogP contribution in [-0.4, -0.2) is 38.0 Å². The van der Waals surface area contributed by atoms with Crippen molar-refractivity contribution in [1.29, 1.82) is 0 Å². The van der Waals surface area contributed by atoms with Crippen LogP contribution in [0.2, 0.25) is 0 Å². The van der Waals surface area contributed by atoms with Crippen molar-refractivity contribution >= 4 is 11.6 Å². The number of carbonyl (C=O) groups excluding carboxylic acids is 1. The predicted octanol–water partition coefficient (Wildman–Crippen LogP) is 4.57. The number of benzene rings is 2. The lowest BCUT2D eigenvalue weighted by molar-refractivity contribution is -0.137. The second-order valence-electron chi connectivity index (χ2n) is 7.82. The molecule has 178 valence electrons. The maximum atomic E-state index is 12.6. The van der Waals surface area contributed by atoms with Gasteiger partial charge in [-0.1, -0.05) is 17.3 Å². The molecule has 0 radical (unpaired) electrons. The summed E-state index contributed by atoms with van der Waals surface area (Å²) in [5, 5.41) is 6.90. The molecule has 1 amide bonds. The Labute approximate surface area is 190 Å². The quantitative estimate of drug-likeness (QED) is 0.436. The summed E-state index contributed by atoms with van der Waals surface area (Å²) in [5.74, 6) is 0.837. The highest BCUT2D eigenvalue weighted by atomic mass is 19.4. The first kappa shape index (κ1) is 24.6. The van der Waals surface area contributed by atoms with E-state index in [-0.39, 0.29) is 19.1 Å². The van der Waals surface area contributed by atoms with Gasteiger partial charge >= 0.3 is 6.18 Å². The molecule has 0 atom stereocenters. The maximum absolute atomic E-state index is 12.6. The summed E-state index contributed by atoms with van der Waals surface area (Å²) >= 11 is 0. The molecular weight excluding hydrogens is 437 g/mol. The first-order valence-electron chi connectivity index (χ1n) is 10.7. The van der Waals surface area contributed by atoms with Crippen LogP contribution in [0, 0.1) is 5.92 Å². The van der Waals surface area contributed by atoms with Crippen LogP contribution in [0.3, 0.4) is 0 Å². The Morgan fingerprint density at radius 2 is 1.76 bits per heavy atom. The minimum absolute atomic E-state index is 0.0552. The topological polar surface area (TPSA) is 69.2 Å². The Morgan fingerprint density at radius 1 is 1.09 bits per heavy atom. The number of amides is 1. The zero-order chi connectivity index (χ0) is 23.7. The van der Waals surface area contributed by atoms with Gasteiger partial charge in [-0.2, -0.15) is 13.2 Å². The molecule has 6 nitrogen and oxygen atoms in total. The first-order chi connectivity index (χ1) is 15.8. The third kappa shape index (κ3) is 8.09. The normalized spacial score (nSPS) is 15.2. The fourth-order valence-electron chi connectivity index (χ4n) is 3.25. The van der Waals surface area contributed by atoms with Gasteiger partial charge in [-0.15, -0.1) is 0 Å². The molecule has 0 saturated carbocycles. The number of alkyl halides is 3. The number of carbonyl (C=O) groups is 1. The fraction of sp³-hybridized carbons (Fsp3) is 0.417. The van der Waals surface area contributed by atoms with Crippen molar-refractivity contribution < 1.29 is 32.3 Å². The van der Waals surface area contributed by atoms with Gasteiger partial charge in [0.15, 0.2) is 6.61 Å². The van der Waals surface area contributed by atoms with E-state index < -0.39 is 11.7 Å². The molecule has 2 aromatic rings. The molecule has 0 unspecified atom stereocenters. The summed E-state index contributed by atoms with van der Waals surface area (Å²) in [6, 6.07) is 11.8. The average Bonchev–Trinajstić information content (AvgIpc) is 2.82. The SMILES string of the molecule is CC(=NOCc1ccc(C(F)(F)F)cc1)c1ccc(OCC(=O)NCC2CCOCC2)cc1. The van der Waals surface area contributed by atoms with E-state index in [0.717, 1.165) is 43.8 Å². The molecule has 3 rings (SSSR count). The minimum atomic E-state index is -4.36. The maximum Gasteiger partial charge on any atom is 0.416 e. The summed E-state index contributed by atoms with van der Waals surface area (Å²) in [6.07, 6.45) is -2.45. The van der Waals surface area contributed by atoms with E-state index in [9.17, 15) is 18.0 Å². The molecular formula is C24H27F3N2O4. The van der Waals surface area contributed by atoms with Crippen molar-refractivity contribution in [3.05, 3.63) is 65.2 Å². The smallest absolute Gasteiger partial charge is 0.416 e. The van der Waals surface area contributed by atoms with Crippen LogP contribution in [0.15, 0.2) is 53.7 Å². The van der Waals surface area contributed by atoms with Crippen molar-refractivity contribution in [3.8, 4) is 5.75 Å². The average molecular weight is 464 g/mol. The van der Waals surface area contributed by atoms with Gasteiger partial charge in [-0.25, -0.2) is 0 Å². The fourth-order valence-corrected chi connectivity index (χ4v) is 3.25. The number of ether oxygens (including phenoxy) is 2. The molecule has 1 saturated heterocycles. The highest BCUT2D eigenvalue weighted by Gasteiger charge is 2.29. The molecule has 2 aromatic carbocycles. The Kier molecular flexibility index (Phi) is 8.71. The minimum Gasteiger partial charge on any atom is -0.484 e. The number of hydrogen-bond donors (Lipinski definition) is 1. The second kappa shape index (κ2) is 11.7. The second-order valence-corrected chi connectivity index (χ2v) is 7.82. The van der Waals surface area contributed by atoms with E-state index in [1.165, 1.54) is 12.1 Å². The number of nitrogens with zero attached hydrogens (tertiary/aromatic N) is 1. The van der Waals surface area contributed by atoms with Gasteiger partial charge in [0.25, 0.3) is 5.91 Å². The number of rotatable bonds is 9. The molecule has 1 aliphatic rings. The Hall–Kier alpha value is -3.07. The summed E-state index contributed by atoms with van der Waals surface area (Å²) in [6.45, 7) is 3.86. The molecule has 1 N–H and O–H groups in total. The van der Waals surface area contributed by atoms with E-state index in [2.05, 4.69) is 10.5 Å². The van der Waals surface area contributed by atoms with E-state index in [1.807, 2.05) is 0 Å². The van der Waals surface area contributed by atoms with Crippen LogP contribution < -0.4 is 10.1 Å². The highest BCUT2D eigenvalue weighted by molar-refractivity contribution is 5.98. The zero-order valence-corrected chi connectivity index (χ0v) is 18.4. The summed E-state index contributed by atoms with van der Waals surface area (Å²) in [4.78, 5) is 17.2.